The SMILES string of the molecule is COC(=O)[C@H](N)c1c[nH]c2ccc(OC)cc12. The van der Waals surface area contributed by atoms with E-state index in [1.807, 2.05) is 18.2 Å². The van der Waals surface area contributed by atoms with Gasteiger partial charge in [-0.2, -0.15) is 0 Å². The summed E-state index contributed by atoms with van der Waals surface area (Å²) >= 11 is 0. The molecule has 0 spiro atoms. The highest BCUT2D eigenvalue weighted by molar-refractivity contribution is 5.90. The van der Waals surface area contributed by atoms with Crippen molar-refractivity contribution in [2.45, 2.75) is 6.04 Å². The number of fused-ring (bicyclic) bond motifs is 1. The molecule has 0 fully saturated rings. The molecule has 0 saturated carbocycles. The lowest BCUT2D eigenvalue weighted by molar-refractivity contribution is -0.142. The van der Waals surface area contributed by atoms with Crippen LogP contribution < -0.4 is 10.5 Å². The van der Waals surface area contributed by atoms with E-state index in [2.05, 4.69) is 9.72 Å². The second-order valence-corrected chi connectivity index (χ2v) is 3.66. The molecule has 0 bridgehead atoms. The summed E-state index contributed by atoms with van der Waals surface area (Å²) in [4.78, 5) is 14.5. The Labute approximate surface area is 98.5 Å². The zero-order chi connectivity index (χ0) is 12.4. The Hall–Kier alpha value is -2.01. The lowest BCUT2D eigenvalue weighted by atomic mass is 10.1. The van der Waals surface area contributed by atoms with Gasteiger partial charge in [0.1, 0.15) is 11.8 Å². The smallest absolute Gasteiger partial charge is 0.327 e. The Balaban J connectivity index is 2.50. The summed E-state index contributed by atoms with van der Waals surface area (Å²) in [5.41, 5.74) is 7.42. The van der Waals surface area contributed by atoms with Crippen molar-refractivity contribution in [1.82, 2.24) is 4.98 Å². The van der Waals surface area contributed by atoms with Crippen LogP contribution in [0.4, 0.5) is 0 Å². The monoisotopic (exact) mass is 234 g/mol. The van der Waals surface area contributed by atoms with Crippen LogP contribution in [0, 0.1) is 0 Å². The van der Waals surface area contributed by atoms with Crippen molar-refractivity contribution in [2.24, 2.45) is 5.73 Å². The van der Waals surface area contributed by atoms with Gasteiger partial charge >= 0.3 is 5.97 Å². The number of nitrogens with two attached hydrogens (primary N) is 1. The van der Waals surface area contributed by atoms with E-state index in [0.29, 0.717) is 5.56 Å². The summed E-state index contributed by atoms with van der Waals surface area (Å²) in [6.07, 6.45) is 1.71. The third-order valence-electron chi connectivity index (χ3n) is 2.71. The van der Waals surface area contributed by atoms with Crippen molar-refractivity contribution < 1.29 is 14.3 Å². The largest absolute Gasteiger partial charge is 0.497 e. The van der Waals surface area contributed by atoms with Gasteiger partial charge in [0, 0.05) is 22.7 Å². The number of ether oxygens (including phenoxy) is 2. The molecule has 2 aromatic rings. The molecule has 0 radical (unpaired) electrons. The van der Waals surface area contributed by atoms with Crippen LogP contribution >= 0.6 is 0 Å². The molecule has 1 aromatic heterocycles. The van der Waals surface area contributed by atoms with E-state index in [9.17, 15) is 4.79 Å². The molecule has 3 N–H and O–H groups in total. The molecular formula is C12H14N2O3. The highest BCUT2D eigenvalue weighted by Crippen LogP contribution is 2.27. The summed E-state index contributed by atoms with van der Waals surface area (Å²) in [6, 6.07) is 4.76. The molecule has 1 atom stereocenters. The first-order valence-corrected chi connectivity index (χ1v) is 5.15. The summed E-state index contributed by atoms with van der Waals surface area (Å²) < 4.78 is 9.77. The lowest BCUT2D eigenvalue weighted by Gasteiger charge is -2.08. The van der Waals surface area contributed by atoms with Gasteiger partial charge < -0.3 is 20.2 Å². The predicted octanol–water partition coefficient (Wildman–Crippen LogP) is 1.35. The van der Waals surface area contributed by atoms with Gasteiger partial charge in [0.15, 0.2) is 0 Å². The van der Waals surface area contributed by atoms with Crippen LogP contribution in [-0.4, -0.2) is 25.2 Å². The normalized spacial score (nSPS) is 12.4. The number of carbonyl (C=O) groups excluding carboxylic acids is 1. The number of esters is 1. The summed E-state index contributed by atoms with van der Waals surface area (Å²) in [6.45, 7) is 0. The van der Waals surface area contributed by atoms with E-state index in [1.54, 1.807) is 13.3 Å². The minimum absolute atomic E-state index is 0.464. The quantitative estimate of drug-likeness (QED) is 0.786. The van der Waals surface area contributed by atoms with E-state index >= 15 is 0 Å². The van der Waals surface area contributed by atoms with Gasteiger partial charge in [0.05, 0.1) is 14.2 Å². The topological polar surface area (TPSA) is 77.3 Å². The van der Waals surface area contributed by atoms with Crippen LogP contribution in [-0.2, 0) is 9.53 Å². The number of nitrogens with one attached hydrogen (secondary N) is 1. The molecule has 0 aliphatic carbocycles. The number of benzene rings is 1. The number of rotatable bonds is 3. The second-order valence-electron chi connectivity index (χ2n) is 3.66. The zero-order valence-electron chi connectivity index (χ0n) is 9.69. The van der Waals surface area contributed by atoms with Gasteiger partial charge in [-0.05, 0) is 18.2 Å². The Morgan fingerprint density at radius 1 is 1.41 bits per heavy atom. The average Bonchev–Trinajstić information content (AvgIpc) is 2.79. The summed E-state index contributed by atoms with van der Waals surface area (Å²) in [5, 5.41) is 0.863. The van der Waals surface area contributed by atoms with E-state index in [-0.39, 0.29) is 0 Å². The van der Waals surface area contributed by atoms with Crippen LogP contribution in [0.15, 0.2) is 24.4 Å². The highest BCUT2D eigenvalue weighted by Gasteiger charge is 2.20. The molecule has 17 heavy (non-hydrogen) atoms. The predicted molar refractivity (Wildman–Crippen MR) is 63.8 cm³/mol. The Morgan fingerprint density at radius 2 is 2.18 bits per heavy atom. The maximum absolute atomic E-state index is 11.4. The van der Waals surface area contributed by atoms with Crippen molar-refractivity contribution >= 4 is 16.9 Å². The molecule has 0 saturated heterocycles. The number of H-pyrrole nitrogens is 1. The number of carbonyl (C=O) groups is 1. The minimum Gasteiger partial charge on any atom is -0.497 e. The second kappa shape index (κ2) is 4.47. The molecule has 5 heteroatoms. The van der Waals surface area contributed by atoms with Gasteiger partial charge in [0.2, 0.25) is 0 Å². The van der Waals surface area contributed by atoms with E-state index < -0.39 is 12.0 Å². The fraction of sp³-hybridized carbons (Fsp3) is 0.250. The number of aromatic amines is 1. The fourth-order valence-corrected chi connectivity index (χ4v) is 1.76. The van der Waals surface area contributed by atoms with Crippen LogP contribution in [0.25, 0.3) is 10.9 Å². The third kappa shape index (κ3) is 1.97. The van der Waals surface area contributed by atoms with Gasteiger partial charge in [0.25, 0.3) is 0 Å². The van der Waals surface area contributed by atoms with Crippen molar-refractivity contribution in [3.05, 3.63) is 30.0 Å². The Bertz CT molecular complexity index is 548. The van der Waals surface area contributed by atoms with Crippen LogP contribution in [0.2, 0.25) is 0 Å². The van der Waals surface area contributed by atoms with E-state index in [1.165, 1.54) is 7.11 Å². The van der Waals surface area contributed by atoms with Gasteiger partial charge in [-0.25, -0.2) is 0 Å². The lowest BCUT2D eigenvalue weighted by Crippen LogP contribution is -2.22. The first kappa shape index (κ1) is 11.5. The molecule has 5 nitrogen and oxygen atoms in total. The molecule has 90 valence electrons. The van der Waals surface area contributed by atoms with Crippen molar-refractivity contribution in [2.75, 3.05) is 14.2 Å². The van der Waals surface area contributed by atoms with Gasteiger partial charge in [-0.3, -0.25) is 4.79 Å². The molecule has 0 aliphatic rings. The molecule has 0 amide bonds. The van der Waals surface area contributed by atoms with Crippen LogP contribution in [0.3, 0.4) is 0 Å². The fourth-order valence-electron chi connectivity index (χ4n) is 1.76. The number of methoxy groups -OCH3 is 2. The maximum Gasteiger partial charge on any atom is 0.327 e. The average molecular weight is 234 g/mol. The molecule has 0 unspecified atom stereocenters. The first-order chi connectivity index (χ1) is 8.17. The summed E-state index contributed by atoms with van der Waals surface area (Å²) in [5.74, 6) is 0.254. The van der Waals surface area contributed by atoms with Crippen LogP contribution in [0.5, 0.6) is 5.75 Å². The van der Waals surface area contributed by atoms with Gasteiger partial charge in [-0.1, -0.05) is 0 Å². The molecule has 0 aliphatic heterocycles. The van der Waals surface area contributed by atoms with E-state index in [0.717, 1.165) is 16.7 Å². The standard InChI is InChI=1S/C12H14N2O3/c1-16-7-3-4-10-8(5-7)9(6-14-10)11(13)12(15)17-2/h3-6,11,14H,13H2,1-2H3/t11-/m1/s1. The third-order valence-corrected chi connectivity index (χ3v) is 2.71. The van der Waals surface area contributed by atoms with Crippen molar-refractivity contribution in [1.29, 1.82) is 0 Å². The number of hydrogen-bond acceptors (Lipinski definition) is 4. The molecule has 1 heterocycles. The Morgan fingerprint density at radius 3 is 2.82 bits per heavy atom. The van der Waals surface area contributed by atoms with Crippen molar-refractivity contribution in [3.8, 4) is 5.75 Å². The first-order valence-electron chi connectivity index (χ1n) is 5.15. The van der Waals surface area contributed by atoms with E-state index in [4.69, 9.17) is 10.5 Å². The number of aromatic nitrogens is 1. The zero-order valence-corrected chi connectivity index (χ0v) is 9.69. The summed E-state index contributed by atoms with van der Waals surface area (Å²) in [7, 11) is 2.91. The number of hydrogen-bond donors (Lipinski definition) is 2. The molecule has 2 rings (SSSR count). The highest BCUT2D eigenvalue weighted by atomic mass is 16.5. The minimum atomic E-state index is -0.791. The maximum atomic E-state index is 11.4. The molecular weight excluding hydrogens is 220 g/mol. The Kier molecular flexibility index (Phi) is 3.01. The van der Waals surface area contributed by atoms with Crippen molar-refractivity contribution in [3.63, 3.8) is 0 Å². The van der Waals surface area contributed by atoms with Crippen LogP contribution in [0.1, 0.15) is 11.6 Å². The van der Waals surface area contributed by atoms with Gasteiger partial charge in [-0.15, -0.1) is 0 Å². The molecule has 1 aromatic carbocycles.